The van der Waals surface area contributed by atoms with Crippen LogP contribution in [0.15, 0.2) is 22.6 Å². The molecule has 0 unspecified atom stereocenters. The molecule has 0 aliphatic heterocycles. The van der Waals surface area contributed by atoms with Gasteiger partial charge in [-0.3, -0.25) is 4.79 Å². The van der Waals surface area contributed by atoms with Crippen LogP contribution in [0.4, 0.5) is 0 Å². The van der Waals surface area contributed by atoms with Crippen molar-refractivity contribution in [1.82, 2.24) is 19.6 Å². The molecule has 24 heavy (non-hydrogen) atoms. The van der Waals surface area contributed by atoms with Crippen LogP contribution in [0.5, 0.6) is 0 Å². The lowest BCUT2D eigenvalue weighted by molar-refractivity contribution is -0.119. The largest absolute Gasteiger partial charge is 0.457 e. The van der Waals surface area contributed by atoms with Gasteiger partial charge < -0.3 is 4.42 Å². The first-order valence-corrected chi connectivity index (χ1v) is 8.37. The monoisotopic (exact) mass is 324 g/mol. The highest BCUT2D eigenvalue weighted by atomic mass is 16.3. The zero-order valence-electron chi connectivity index (χ0n) is 14.1. The average molecular weight is 324 g/mol. The normalized spacial score (nSPS) is 14.7. The second-order valence-corrected chi connectivity index (χ2v) is 6.77. The van der Waals surface area contributed by atoms with E-state index in [2.05, 4.69) is 28.9 Å². The van der Waals surface area contributed by atoms with E-state index in [9.17, 15) is 4.79 Å². The van der Waals surface area contributed by atoms with Crippen molar-refractivity contribution in [2.45, 2.75) is 46.0 Å². The molecule has 0 aromatic carbocycles. The molecule has 6 heteroatoms. The average Bonchev–Trinajstić information content (AvgIpc) is 3.14. The van der Waals surface area contributed by atoms with Gasteiger partial charge in [0.2, 0.25) is 0 Å². The summed E-state index contributed by atoms with van der Waals surface area (Å²) in [6.07, 6.45) is 2.36. The summed E-state index contributed by atoms with van der Waals surface area (Å²) < 4.78 is 7.62. The number of aryl methyl sites for hydroxylation is 1. The van der Waals surface area contributed by atoms with E-state index in [0.29, 0.717) is 35.4 Å². The summed E-state index contributed by atoms with van der Waals surface area (Å²) in [6.45, 7) is 6.00. The van der Waals surface area contributed by atoms with Crippen LogP contribution in [0, 0.1) is 12.8 Å². The lowest BCUT2D eigenvalue weighted by atomic mass is 10.1. The number of Topliss-reactive ketones (excluding diaryl/α,β-unsaturated/α-hetero) is 1. The summed E-state index contributed by atoms with van der Waals surface area (Å²) in [5.41, 5.74) is 1.42. The van der Waals surface area contributed by atoms with Gasteiger partial charge in [0.05, 0.1) is 5.69 Å². The summed E-state index contributed by atoms with van der Waals surface area (Å²) >= 11 is 0. The fourth-order valence-corrected chi connectivity index (χ4v) is 2.81. The first-order valence-electron chi connectivity index (χ1n) is 8.37. The Bertz CT molecular complexity index is 918. The molecule has 0 spiro atoms. The van der Waals surface area contributed by atoms with Gasteiger partial charge in [0.25, 0.3) is 0 Å². The predicted octanol–water partition coefficient (Wildman–Crippen LogP) is 3.34. The highest BCUT2D eigenvalue weighted by Gasteiger charge is 2.30. The van der Waals surface area contributed by atoms with Crippen molar-refractivity contribution in [1.29, 1.82) is 0 Å². The minimum atomic E-state index is 0.224. The number of hydrogen-bond donors (Lipinski definition) is 0. The molecule has 1 saturated carbocycles. The zero-order chi connectivity index (χ0) is 16.8. The maximum Gasteiger partial charge on any atom is 0.199 e. The van der Waals surface area contributed by atoms with Crippen molar-refractivity contribution >= 4 is 11.4 Å². The van der Waals surface area contributed by atoms with Crippen LogP contribution in [-0.2, 0) is 11.2 Å². The molecule has 3 aromatic heterocycles. The summed E-state index contributed by atoms with van der Waals surface area (Å²) in [6, 6.07) is 5.70. The molecule has 0 bridgehead atoms. The Morgan fingerprint density at radius 2 is 2.12 bits per heavy atom. The minimum Gasteiger partial charge on any atom is -0.457 e. The van der Waals surface area contributed by atoms with Gasteiger partial charge in [0, 0.05) is 24.3 Å². The number of carbonyl (C=O) groups is 1. The molecule has 1 aliphatic rings. The van der Waals surface area contributed by atoms with Crippen LogP contribution in [0.3, 0.4) is 0 Å². The number of hydrogen-bond acceptors (Lipinski definition) is 5. The van der Waals surface area contributed by atoms with Gasteiger partial charge in [-0.1, -0.05) is 13.8 Å². The lowest BCUT2D eigenvalue weighted by Crippen LogP contribution is -2.09. The molecule has 124 valence electrons. The van der Waals surface area contributed by atoms with Gasteiger partial charge in [0.1, 0.15) is 17.4 Å². The van der Waals surface area contributed by atoms with E-state index in [1.165, 1.54) is 0 Å². The molecule has 4 rings (SSSR count). The number of carbonyl (C=O) groups excluding carboxylic acids is 1. The van der Waals surface area contributed by atoms with E-state index in [-0.39, 0.29) is 11.7 Å². The van der Waals surface area contributed by atoms with Gasteiger partial charge in [-0.05, 0) is 31.9 Å². The van der Waals surface area contributed by atoms with Gasteiger partial charge >= 0.3 is 0 Å². The third-order valence-electron chi connectivity index (χ3n) is 4.29. The number of furan rings is 1. The van der Waals surface area contributed by atoms with Crippen LogP contribution < -0.4 is 0 Å². The second kappa shape index (κ2) is 5.54. The first-order chi connectivity index (χ1) is 11.5. The molecule has 0 radical (unpaired) electrons. The maximum absolute atomic E-state index is 12.2. The molecule has 0 N–H and O–H groups in total. The molecule has 0 saturated heterocycles. The molecule has 3 aromatic rings. The van der Waals surface area contributed by atoms with Crippen molar-refractivity contribution < 1.29 is 9.21 Å². The Labute approximate surface area is 139 Å². The molecule has 1 fully saturated rings. The Kier molecular flexibility index (Phi) is 3.48. The van der Waals surface area contributed by atoms with Crippen LogP contribution in [-0.4, -0.2) is 25.4 Å². The molecule has 1 aliphatic carbocycles. The highest BCUT2D eigenvalue weighted by Crippen LogP contribution is 2.31. The van der Waals surface area contributed by atoms with E-state index in [0.717, 1.165) is 24.3 Å². The molecule has 0 atom stereocenters. The smallest absolute Gasteiger partial charge is 0.199 e. The van der Waals surface area contributed by atoms with Gasteiger partial charge in [-0.15, -0.1) is 5.10 Å². The number of nitrogens with zero attached hydrogens (tertiary/aromatic N) is 4. The van der Waals surface area contributed by atoms with Gasteiger partial charge in [0.15, 0.2) is 17.2 Å². The third kappa shape index (κ3) is 2.72. The second-order valence-electron chi connectivity index (χ2n) is 6.77. The number of aromatic nitrogens is 4. The predicted molar refractivity (Wildman–Crippen MR) is 88.7 cm³/mol. The lowest BCUT2D eigenvalue weighted by Gasteiger charge is -2.05. The maximum atomic E-state index is 12.2. The van der Waals surface area contributed by atoms with Crippen LogP contribution in [0.25, 0.3) is 17.2 Å². The van der Waals surface area contributed by atoms with Crippen molar-refractivity contribution in [3.8, 4) is 11.6 Å². The van der Waals surface area contributed by atoms with Crippen molar-refractivity contribution in [2.24, 2.45) is 5.92 Å². The fraction of sp³-hybridized carbons (Fsp3) is 0.444. The fourth-order valence-electron chi connectivity index (χ4n) is 2.81. The quantitative estimate of drug-likeness (QED) is 0.719. The van der Waals surface area contributed by atoms with E-state index < -0.39 is 0 Å². The summed E-state index contributed by atoms with van der Waals surface area (Å²) in [7, 11) is 0. The molecule has 0 amide bonds. The van der Waals surface area contributed by atoms with Crippen LogP contribution in [0.2, 0.25) is 0 Å². The standard InChI is InChI=1S/C18H20N4O2/c1-10(2)15-6-7-16(24-15)18-20-13(8-14(23)12-4-5-12)9-17-19-11(3)21-22(17)18/h6-7,9-10,12H,4-5,8H2,1-3H3. The molecule has 3 heterocycles. The van der Waals surface area contributed by atoms with Crippen LogP contribution >= 0.6 is 0 Å². The Balaban J connectivity index is 1.80. The Morgan fingerprint density at radius 1 is 1.33 bits per heavy atom. The topological polar surface area (TPSA) is 73.3 Å². The molecular weight excluding hydrogens is 304 g/mol. The SMILES string of the molecule is Cc1nc2cc(CC(=O)C3CC3)nc(-c3ccc(C(C)C)o3)n2n1. The van der Waals surface area contributed by atoms with E-state index in [1.807, 2.05) is 25.1 Å². The van der Waals surface area contributed by atoms with Crippen molar-refractivity contribution in [2.75, 3.05) is 0 Å². The van der Waals surface area contributed by atoms with Gasteiger partial charge in [-0.2, -0.15) is 4.52 Å². The van der Waals surface area contributed by atoms with E-state index in [4.69, 9.17) is 4.42 Å². The van der Waals surface area contributed by atoms with E-state index >= 15 is 0 Å². The summed E-state index contributed by atoms with van der Waals surface area (Å²) in [5.74, 6) is 3.59. The van der Waals surface area contributed by atoms with Crippen LogP contribution in [0.1, 0.15) is 49.9 Å². The molecule has 6 nitrogen and oxygen atoms in total. The minimum absolute atomic E-state index is 0.224. The number of rotatable bonds is 5. The first kappa shape index (κ1) is 15.1. The Morgan fingerprint density at radius 3 is 2.79 bits per heavy atom. The van der Waals surface area contributed by atoms with Crippen molar-refractivity contribution in [3.63, 3.8) is 0 Å². The number of fused-ring (bicyclic) bond motifs is 1. The van der Waals surface area contributed by atoms with Crippen molar-refractivity contribution in [3.05, 3.63) is 35.5 Å². The zero-order valence-corrected chi connectivity index (χ0v) is 14.1. The van der Waals surface area contributed by atoms with Gasteiger partial charge in [-0.25, -0.2) is 9.97 Å². The molecular formula is C18H20N4O2. The summed E-state index contributed by atoms with van der Waals surface area (Å²) in [5, 5.41) is 4.41. The summed E-state index contributed by atoms with van der Waals surface area (Å²) in [4.78, 5) is 21.2. The Hall–Kier alpha value is -2.50. The highest BCUT2D eigenvalue weighted by molar-refractivity contribution is 5.85. The number of ketones is 1. The van der Waals surface area contributed by atoms with E-state index in [1.54, 1.807) is 4.52 Å². The third-order valence-corrected chi connectivity index (χ3v) is 4.29.